The van der Waals surface area contributed by atoms with E-state index in [1.807, 2.05) is 0 Å². The largest absolute Gasteiger partial charge is 0.310 e. The smallest absolute Gasteiger partial charge is 0.145 e. The molecule has 3 aliphatic rings. The summed E-state index contributed by atoms with van der Waals surface area (Å²) in [6, 6.07) is 85.1. The first-order valence-corrected chi connectivity index (χ1v) is 37.2. The maximum absolute atomic E-state index is 5.62. The van der Waals surface area contributed by atoms with Gasteiger partial charge in [-0.3, -0.25) is 0 Å². The van der Waals surface area contributed by atoms with Gasteiger partial charge < -0.3 is 4.90 Å². The van der Waals surface area contributed by atoms with E-state index in [1.54, 1.807) is 0 Å². The summed E-state index contributed by atoms with van der Waals surface area (Å²) in [7, 11) is 0. The number of anilines is 3. The molecule has 0 fully saturated rings. The molecule has 12 aromatic carbocycles. The Morgan fingerprint density at radius 1 is 0.279 bits per heavy atom. The van der Waals surface area contributed by atoms with Crippen molar-refractivity contribution in [1.29, 1.82) is 0 Å². The maximum Gasteiger partial charge on any atom is 0.145 e. The summed E-state index contributed by atoms with van der Waals surface area (Å²) < 4.78 is 0. The molecule has 104 heavy (non-hydrogen) atoms. The predicted molar refractivity (Wildman–Crippen MR) is 440 cm³/mol. The minimum atomic E-state index is -1.30. The number of fused-ring (bicyclic) bond motifs is 14. The van der Waals surface area contributed by atoms with E-state index >= 15 is 0 Å². The van der Waals surface area contributed by atoms with Crippen molar-refractivity contribution in [1.82, 2.24) is 0 Å². The van der Waals surface area contributed by atoms with Gasteiger partial charge in [0.1, 0.15) is 5.41 Å². The Morgan fingerprint density at radius 2 is 0.635 bits per heavy atom. The number of aryl methyl sites for hydroxylation is 2. The standard InChI is InChI=1S/C103H81N/c1-9-15-21-23-25-34-61-103(62-35-26-24-22-16-10-2)97-66-77(92-71-94-83-43-32-30-41-81(83)91(70-93(94)84-44-33-31-42-82(84)92)76-40-36-39-75(65-76)74-37-28-27-29-38-74)47-53-87(97)90-56-50-80(69-100(90)103)104(78-48-54-88-85-51-45-72(7)63-95(85)101(57-17-11-3,58-18-12-4)98(88)67-78)79-49-55-89-86-52-46-73(8)64-96(86)102(59-19-13-5,60-20-14-6)99(89)68-79/h1-2,27-33,36-56,63-71H,11-14,17-20,57-60H2,3-8H3. The summed E-state index contributed by atoms with van der Waals surface area (Å²) >= 11 is 0. The lowest BCUT2D eigenvalue weighted by molar-refractivity contribution is 0.414. The highest BCUT2D eigenvalue weighted by molar-refractivity contribution is 6.24. The van der Waals surface area contributed by atoms with Crippen molar-refractivity contribution in [2.45, 2.75) is 135 Å². The Labute approximate surface area is 616 Å². The van der Waals surface area contributed by atoms with E-state index in [9.17, 15) is 0 Å². The van der Waals surface area contributed by atoms with Gasteiger partial charge in [0.05, 0.1) is 0 Å². The summed E-state index contributed by atoms with van der Waals surface area (Å²) in [6.45, 7) is 13.9. The van der Waals surface area contributed by atoms with E-state index in [4.69, 9.17) is 12.8 Å². The van der Waals surface area contributed by atoms with Crippen LogP contribution in [-0.4, -0.2) is 0 Å². The number of benzene rings is 12. The quantitative estimate of drug-likeness (QED) is 0.0611. The monoisotopic (exact) mass is 1330 g/mol. The number of rotatable bonds is 18. The van der Waals surface area contributed by atoms with Crippen LogP contribution in [0.15, 0.2) is 224 Å². The Hall–Kier alpha value is -12.3. The molecule has 0 amide bonds. The molecule has 15 rings (SSSR count). The van der Waals surface area contributed by atoms with E-state index in [1.165, 1.54) is 99.4 Å². The Bertz CT molecular complexity index is 5770. The van der Waals surface area contributed by atoms with Gasteiger partial charge in [0.2, 0.25) is 0 Å². The van der Waals surface area contributed by atoms with E-state index < -0.39 is 5.41 Å². The van der Waals surface area contributed by atoms with Crippen molar-refractivity contribution in [3.8, 4) is 162 Å². The lowest BCUT2D eigenvalue weighted by atomic mass is 9.70. The molecule has 3 aliphatic carbocycles. The van der Waals surface area contributed by atoms with E-state index in [2.05, 4.69) is 354 Å². The van der Waals surface area contributed by atoms with Crippen molar-refractivity contribution < 1.29 is 0 Å². The fourth-order valence-electron chi connectivity index (χ4n) is 17.5. The molecule has 0 radical (unpaired) electrons. The minimum absolute atomic E-state index is 0.159. The summed E-state index contributed by atoms with van der Waals surface area (Å²) in [5, 5.41) is 7.01. The van der Waals surface area contributed by atoms with Gasteiger partial charge in [0.15, 0.2) is 0 Å². The Balaban J connectivity index is 0.974. The van der Waals surface area contributed by atoms with Gasteiger partial charge in [-0.05, 0) is 304 Å². The van der Waals surface area contributed by atoms with Crippen molar-refractivity contribution in [2.24, 2.45) is 0 Å². The van der Waals surface area contributed by atoms with Crippen LogP contribution in [0.25, 0.3) is 99.1 Å². The van der Waals surface area contributed by atoms with Crippen LogP contribution < -0.4 is 4.90 Å². The van der Waals surface area contributed by atoms with Crippen LogP contribution in [0.2, 0.25) is 0 Å². The topological polar surface area (TPSA) is 3.24 Å². The number of unbranched alkanes of at least 4 members (excludes halogenated alkanes) is 4. The Morgan fingerprint density at radius 3 is 1.10 bits per heavy atom. The second-order valence-corrected chi connectivity index (χ2v) is 28.5. The van der Waals surface area contributed by atoms with Crippen LogP contribution in [0.4, 0.5) is 17.1 Å². The number of hydrogen-bond donors (Lipinski definition) is 0. The fraction of sp³-hybridized carbons (Fsp3) is 0.204. The van der Waals surface area contributed by atoms with Gasteiger partial charge in [-0.15, -0.1) is 12.8 Å². The average molecular weight is 1330 g/mol. The molecular weight excluding hydrogens is 1250 g/mol. The number of terminal acetylenes is 2. The zero-order chi connectivity index (χ0) is 71.4. The molecule has 1 heteroatoms. The predicted octanol–water partition coefficient (Wildman–Crippen LogP) is 25.1. The average Bonchev–Trinajstić information content (AvgIpc) is 1.61. The van der Waals surface area contributed by atoms with Gasteiger partial charge in [0, 0.05) is 27.9 Å². The molecule has 0 saturated carbocycles. The van der Waals surface area contributed by atoms with Crippen LogP contribution in [0.1, 0.15) is 149 Å². The van der Waals surface area contributed by atoms with Crippen LogP contribution in [0.5, 0.6) is 0 Å². The SMILES string of the molecule is C#CC#CC#CC#CC1(C#CC#CC#CC#C)c2cc(-c3cc4c5ccccc5c(-c5cccc(-c6ccccc6)c5)cc4c4ccccc34)ccc2-c2ccc(N(c3ccc4c(c3)C(CCCC)(CCCC)c3cc(C)ccc3-4)c3ccc4c(c3)C(CCCC)(CCCC)c3cc(C)ccc3-4)cc21. The van der Waals surface area contributed by atoms with Gasteiger partial charge in [-0.1, -0.05) is 266 Å². The molecule has 498 valence electrons. The van der Waals surface area contributed by atoms with E-state index in [0.29, 0.717) is 0 Å². The first-order chi connectivity index (χ1) is 51.1. The highest BCUT2D eigenvalue weighted by Gasteiger charge is 2.46. The summed E-state index contributed by atoms with van der Waals surface area (Å²) in [5.74, 6) is 41.9. The third-order valence-electron chi connectivity index (χ3n) is 22.3. The highest BCUT2D eigenvalue weighted by Crippen LogP contribution is 2.60. The molecule has 0 bridgehead atoms. The molecule has 0 aliphatic heterocycles. The van der Waals surface area contributed by atoms with Gasteiger partial charge in [-0.2, -0.15) is 0 Å². The third-order valence-corrected chi connectivity index (χ3v) is 22.3. The molecule has 0 atom stereocenters. The summed E-state index contributed by atoms with van der Waals surface area (Å²) in [5.41, 5.74) is 26.1. The molecule has 0 spiro atoms. The second-order valence-electron chi connectivity index (χ2n) is 28.5. The zero-order valence-electron chi connectivity index (χ0n) is 60.4. The normalized spacial score (nSPS) is 12.9. The molecular formula is C103H81N. The van der Waals surface area contributed by atoms with Crippen molar-refractivity contribution in [3.63, 3.8) is 0 Å². The highest BCUT2D eigenvalue weighted by atomic mass is 15.1. The molecule has 0 unspecified atom stereocenters. The van der Waals surface area contributed by atoms with Crippen LogP contribution in [0.3, 0.4) is 0 Å². The van der Waals surface area contributed by atoms with Crippen LogP contribution in [-0.2, 0) is 16.2 Å². The van der Waals surface area contributed by atoms with Crippen LogP contribution >= 0.6 is 0 Å². The lowest BCUT2D eigenvalue weighted by Gasteiger charge is -2.35. The first-order valence-electron chi connectivity index (χ1n) is 37.2. The lowest BCUT2D eigenvalue weighted by Crippen LogP contribution is -2.26. The zero-order valence-corrected chi connectivity index (χ0v) is 60.4. The van der Waals surface area contributed by atoms with Gasteiger partial charge >= 0.3 is 0 Å². The van der Waals surface area contributed by atoms with E-state index in [0.717, 1.165) is 138 Å². The third kappa shape index (κ3) is 11.9. The van der Waals surface area contributed by atoms with Crippen molar-refractivity contribution in [3.05, 3.63) is 269 Å². The first kappa shape index (κ1) is 67.5. The molecule has 0 aromatic heterocycles. The minimum Gasteiger partial charge on any atom is -0.310 e. The molecule has 12 aromatic rings. The maximum atomic E-state index is 5.62. The second kappa shape index (κ2) is 29.0. The molecule has 1 nitrogen and oxygen atoms in total. The van der Waals surface area contributed by atoms with Crippen LogP contribution in [0, 0.1) is 110 Å². The molecule has 0 saturated heterocycles. The molecule has 0 heterocycles. The summed E-state index contributed by atoms with van der Waals surface area (Å²) in [4.78, 5) is 2.54. The number of nitrogens with zero attached hydrogens (tertiary/aromatic N) is 1. The molecule has 0 N–H and O–H groups in total. The van der Waals surface area contributed by atoms with Gasteiger partial charge in [-0.25, -0.2) is 0 Å². The van der Waals surface area contributed by atoms with Crippen molar-refractivity contribution in [2.75, 3.05) is 4.90 Å². The van der Waals surface area contributed by atoms with Crippen molar-refractivity contribution >= 4 is 49.4 Å². The number of hydrogen-bond acceptors (Lipinski definition) is 1. The fourth-order valence-corrected chi connectivity index (χ4v) is 17.5. The Kier molecular flexibility index (Phi) is 18.8. The van der Waals surface area contributed by atoms with E-state index in [-0.39, 0.29) is 10.8 Å². The van der Waals surface area contributed by atoms with Gasteiger partial charge in [0.25, 0.3) is 0 Å². The summed E-state index contributed by atoms with van der Waals surface area (Å²) in [6.07, 6.45) is 24.6.